The molecule has 1 N–H and O–H groups in total. The molecule has 0 amide bonds. The Morgan fingerprint density at radius 3 is 2.32 bits per heavy atom. The van der Waals surface area contributed by atoms with Crippen LogP contribution in [0.1, 0.15) is 22.8 Å². The summed E-state index contributed by atoms with van der Waals surface area (Å²) in [5.41, 5.74) is 0.654. The quantitative estimate of drug-likeness (QED) is 0.302. The number of ether oxygens (including phenoxy) is 1. The minimum atomic E-state index is -0.709. The summed E-state index contributed by atoms with van der Waals surface area (Å²) in [4.78, 5) is 24.6. The van der Waals surface area contributed by atoms with Crippen molar-refractivity contribution in [3.8, 4) is 5.75 Å². The van der Waals surface area contributed by atoms with Crippen molar-refractivity contribution in [1.29, 1.82) is 0 Å². The molecule has 2 aromatic carbocycles. The van der Waals surface area contributed by atoms with E-state index in [0.717, 1.165) is 0 Å². The zero-order chi connectivity index (χ0) is 15.9. The SMILES string of the molecule is CCOC(=O)/C(=C/c1ccccc1)C(=O)c1ccccc1O. The molecule has 2 aromatic rings. The van der Waals surface area contributed by atoms with E-state index < -0.39 is 11.8 Å². The van der Waals surface area contributed by atoms with Gasteiger partial charge in [-0.15, -0.1) is 0 Å². The van der Waals surface area contributed by atoms with E-state index in [1.807, 2.05) is 6.07 Å². The highest BCUT2D eigenvalue weighted by Crippen LogP contribution is 2.21. The first-order valence-corrected chi connectivity index (χ1v) is 6.90. The van der Waals surface area contributed by atoms with Crippen molar-refractivity contribution >= 4 is 17.8 Å². The van der Waals surface area contributed by atoms with E-state index in [9.17, 15) is 14.7 Å². The maximum atomic E-state index is 12.6. The second kappa shape index (κ2) is 7.22. The number of aromatic hydroxyl groups is 1. The Hall–Kier alpha value is -2.88. The van der Waals surface area contributed by atoms with Crippen molar-refractivity contribution < 1.29 is 19.4 Å². The van der Waals surface area contributed by atoms with Crippen LogP contribution < -0.4 is 0 Å². The minimum absolute atomic E-state index is 0.0673. The first kappa shape index (κ1) is 15.5. The van der Waals surface area contributed by atoms with Crippen LogP contribution in [0.15, 0.2) is 60.2 Å². The first-order chi connectivity index (χ1) is 10.6. The lowest BCUT2D eigenvalue weighted by Gasteiger charge is -2.08. The smallest absolute Gasteiger partial charge is 0.342 e. The molecular weight excluding hydrogens is 280 g/mol. The van der Waals surface area contributed by atoms with Crippen LogP contribution in [0.25, 0.3) is 6.08 Å². The predicted octanol–water partition coefficient (Wildman–Crippen LogP) is 3.22. The summed E-state index contributed by atoms with van der Waals surface area (Å²) in [6, 6.07) is 15.1. The van der Waals surface area contributed by atoms with Gasteiger partial charge in [0.05, 0.1) is 12.2 Å². The van der Waals surface area contributed by atoms with E-state index in [0.29, 0.717) is 5.56 Å². The molecule has 4 heteroatoms. The number of phenolic OH excluding ortho intramolecular Hbond substituents is 1. The Balaban J connectivity index is 2.45. The average Bonchev–Trinajstić information content (AvgIpc) is 2.53. The van der Waals surface area contributed by atoms with E-state index in [-0.39, 0.29) is 23.5 Å². The molecule has 0 bridgehead atoms. The fourth-order valence-electron chi connectivity index (χ4n) is 1.95. The van der Waals surface area contributed by atoms with Crippen molar-refractivity contribution in [2.24, 2.45) is 0 Å². The van der Waals surface area contributed by atoms with Crippen LogP contribution in [0.2, 0.25) is 0 Å². The summed E-state index contributed by atoms with van der Waals surface area (Å²) in [6.07, 6.45) is 1.47. The Morgan fingerprint density at radius 2 is 1.68 bits per heavy atom. The van der Waals surface area contributed by atoms with Gasteiger partial charge in [0.25, 0.3) is 0 Å². The summed E-state index contributed by atoms with van der Waals surface area (Å²) in [7, 11) is 0. The summed E-state index contributed by atoms with van der Waals surface area (Å²) < 4.78 is 4.95. The molecule has 22 heavy (non-hydrogen) atoms. The van der Waals surface area contributed by atoms with Crippen LogP contribution >= 0.6 is 0 Å². The second-order valence-corrected chi connectivity index (χ2v) is 4.54. The van der Waals surface area contributed by atoms with Crippen LogP contribution in [0.5, 0.6) is 5.75 Å². The van der Waals surface area contributed by atoms with E-state index in [1.165, 1.54) is 18.2 Å². The van der Waals surface area contributed by atoms with Crippen molar-refractivity contribution in [3.05, 3.63) is 71.3 Å². The van der Waals surface area contributed by atoms with Crippen molar-refractivity contribution in [3.63, 3.8) is 0 Å². The maximum absolute atomic E-state index is 12.6. The van der Waals surface area contributed by atoms with Crippen LogP contribution in [0, 0.1) is 0 Å². The van der Waals surface area contributed by atoms with Crippen LogP contribution in [-0.4, -0.2) is 23.5 Å². The lowest BCUT2D eigenvalue weighted by atomic mass is 10.00. The lowest BCUT2D eigenvalue weighted by molar-refractivity contribution is -0.137. The Labute approximate surface area is 128 Å². The molecule has 2 rings (SSSR count). The van der Waals surface area contributed by atoms with Gasteiger partial charge in [0, 0.05) is 0 Å². The van der Waals surface area contributed by atoms with E-state index in [4.69, 9.17) is 4.74 Å². The van der Waals surface area contributed by atoms with Crippen molar-refractivity contribution in [1.82, 2.24) is 0 Å². The highest BCUT2D eigenvalue weighted by Gasteiger charge is 2.23. The number of Topliss-reactive ketones (excluding diaryl/α,β-unsaturated/α-hetero) is 1. The maximum Gasteiger partial charge on any atom is 0.342 e. The fourth-order valence-corrected chi connectivity index (χ4v) is 1.95. The summed E-state index contributed by atoms with van der Waals surface area (Å²) in [5, 5.41) is 9.81. The number of hydrogen-bond acceptors (Lipinski definition) is 4. The van der Waals surface area contributed by atoms with Gasteiger partial charge in [-0.05, 0) is 30.7 Å². The molecule has 0 fully saturated rings. The number of carbonyl (C=O) groups is 2. The molecule has 0 unspecified atom stereocenters. The third kappa shape index (κ3) is 3.61. The molecule has 0 radical (unpaired) electrons. The molecule has 0 spiro atoms. The molecule has 0 aliphatic carbocycles. The lowest BCUT2D eigenvalue weighted by Crippen LogP contribution is -2.16. The minimum Gasteiger partial charge on any atom is -0.507 e. The van der Waals surface area contributed by atoms with Gasteiger partial charge < -0.3 is 9.84 Å². The molecular formula is C18H16O4. The number of esters is 1. The van der Waals surface area contributed by atoms with E-state index >= 15 is 0 Å². The number of ketones is 1. The normalized spacial score (nSPS) is 11.0. The topological polar surface area (TPSA) is 63.6 Å². The molecule has 0 aliphatic heterocycles. The van der Waals surface area contributed by atoms with Gasteiger partial charge in [-0.1, -0.05) is 42.5 Å². The molecule has 0 aliphatic rings. The van der Waals surface area contributed by atoms with Gasteiger partial charge in [-0.2, -0.15) is 0 Å². The van der Waals surface area contributed by atoms with E-state index in [2.05, 4.69) is 0 Å². The Kier molecular flexibility index (Phi) is 5.09. The standard InChI is InChI=1S/C18H16O4/c1-2-22-18(21)15(12-13-8-4-3-5-9-13)17(20)14-10-6-7-11-16(14)19/h3-12,19H,2H2,1H3/b15-12+. The number of benzene rings is 2. The summed E-state index contributed by atoms with van der Waals surface area (Å²) in [5.74, 6) is -1.45. The van der Waals surface area contributed by atoms with Gasteiger partial charge in [0.2, 0.25) is 5.78 Å². The third-order valence-corrected chi connectivity index (χ3v) is 3.00. The summed E-state index contributed by atoms with van der Waals surface area (Å²) >= 11 is 0. The first-order valence-electron chi connectivity index (χ1n) is 6.90. The molecule has 0 atom stereocenters. The molecule has 0 aromatic heterocycles. The van der Waals surface area contributed by atoms with Gasteiger partial charge in [-0.3, -0.25) is 4.79 Å². The molecule has 0 saturated carbocycles. The zero-order valence-electron chi connectivity index (χ0n) is 12.2. The third-order valence-electron chi connectivity index (χ3n) is 3.00. The van der Waals surface area contributed by atoms with Gasteiger partial charge >= 0.3 is 5.97 Å². The number of hydrogen-bond donors (Lipinski definition) is 1. The Morgan fingerprint density at radius 1 is 1.05 bits per heavy atom. The second-order valence-electron chi connectivity index (χ2n) is 4.54. The monoisotopic (exact) mass is 296 g/mol. The highest BCUT2D eigenvalue weighted by molar-refractivity contribution is 6.27. The molecule has 0 saturated heterocycles. The number of phenols is 1. The number of rotatable bonds is 5. The van der Waals surface area contributed by atoms with Crippen molar-refractivity contribution in [2.45, 2.75) is 6.92 Å². The number of carbonyl (C=O) groups excluding carboxylic acids is 2. The van der Waals surface area contributed by atoms with E-state index in [1.54, 1.807) is 43.3 Å². The van der Waals surface area contributed by atoms with Gasteiger partial charge in [0.15, 0.2) is 0 Å². The van der Waals surface area contributed by atoms with Crippen LogP contribution in [-0.2, 0) is 9.53 Å². The Bertz CT molecular complexity index is 702. The molecule has 4 nitrogen and oxygen atoms in total. The zero-order valence-corrected chi connectivity index (χ0v) is 12.2. The van der Waals surface area contributed by atoms with Gasteiger partial charge in [0.1, 0.15) is 11.3 Å². The predicted molar refractivity (Wildman–Crippen MR) is 83.5 cm³/mol. The fraction of sp³-hybridized carbons (Fsp3) is 0.111. The van der Waals surface area contributed by atoms with Crippen LogP contribution in [0.4, 0.5) is 0 Å². The highest BCUT2D eigenvalue weighted by atomic mass is 16.5. The summed E-state index contributed by atoms with van der Waals surface area (Å²) in [6.45, 7) is 1.83. The number of para-hydroxylation sites is 1. The van der Waals surface area contributed by atoms with Gasteiger partial charge in [-0.25, -0.2) is 4.79 Å². The van der Waals surface area contributed by atoms with Crippen molar-refractivity contribution in [2.75, 3.05) is 6.61 Å². The molecule has 112 valence electrons. The molecule has 0 heterocycles. The average molecular weight is 296 g/mol. The van der Waals surface area contributed by atoms with Crippen LogP contribution in [0.3, 0.4) is 0 Å². The largest absolute Gasteiger partial charge is 0.507 e.